The first-order valence-electron chi connectivity index (χ1n) is 6.61. The van der Waals surface area contributed by atoms with Gasteiger partial charge in [0.2, 0.25) is 9.84 Å². The molecule has 0 aromatic heterocycles. The van der Waals surface area contributed by atoms with Crippen molar-refractivity contribution in [3.05, 3.63) is 62.4 Å². The number of alkyl halides is 2. The molecule has 0 atom stereocenters. The summed E-state index contributed by atoms with van der Waals surface area (Å²) in [6.45, 7) is 0.0582. The number of nitrogens with zero attached hydrogens (tertiary/aromatic N) is 1. The fourth-order valence-electron chi connectivity index (χ4n) is 1.95. The number of rotatable bonds is 6. The zero-order chi connectivity index (χ0) is 18.8. The first-order valence-corrected chi connectivity index (χ1v) is 8.95. The lowest BCUT2D eigenvalue weighted by Crippen LogP contribution is -2.12. The van der Waals surface area contributed by atoms with Crippen LogP contribution in [-0.2, 0) is 16.4 Å². The predicted molar refractivity (Wildman–Crippen MR) is 87.7 cm³/mol. The van der Waals surface area contributed by atoms with Gasteiger partial charge in [-0.1, -0.05) is 22.0 Å². The van der Waals surface area contributed by atoms with Gasteiger partial charge < -0.3 is 5.32 Å². The molecule has 0 saturated heterocycles. The topological polar surface area (TPSA) is 89.3 Å². The van der Waals surface area contributed by atoms with Crippen LogP contribution in [0.2, 0.25) is 0 Å². The molecule has 0 heterocycles. The third-order valence-electron chi connectivity index (χ3n) is 3.21. The van der Waals surface area contributed by atoms with E-state index in [2.05, 4.69) is 21.2 Å². The van der Waals surface area contributed by atoms with Crippen molar-refractivity contribution in [2.75, 3.05) is 5.32 Å². The number of sulfone groups is 1. The molecule has 6 nitrogen and oxygen atoms in total. The Kier molecular flexibility index (Phi) is 5.68. The lowest BCUT2D eigenvalue weighted by molar-refractivity contribution is -0.384. The Hall–Kier alpha value is -2.14. The van der Waals surface area contributed by atoms with Crippen LogP contribution in [0.3, 0.4) is 0 Å². The molecule has 0 aliphatic rings. The Morgan fingerprint density at radius 2 is 1.88 bits per heavy atom. The fourth-order valence-corrected chi connectivity index (χ4v) is 3.18. The lowest BCUT2D eigenvalue weighted by atomic mass is 10.2. The molecule has 11 heteroatoms. The highest BCUT2D eigenvalue weighted by atomic mass is 79.9. The number of hydrogen-bond donors (Lipinski definition) is 1. The molecule has 0 unspecified atom stereocenters. The summed E-state index contributed by atoms with van der Waals surface area (Å²) in [6, 6.07) is 6.33. The van der Waals surface area contributed by atoms with E-state index < -0.39 is 36.9 Å². The van der Waals surface area contributed by atoms with Gasteiger partial charge in [0, 0.05) is 17.1 Å². The maximum atomic E-state index is 13.0. The van der Waals surface area contributed by atoms with Crippen LogP contribution in [0.5, 0.6) is 0 Å². The zero-order valence-electron chi connectivity index (χ0n) is 12.2. The van der Waals surface area contributed by atoms with E-state index in [1.54, 1.807) is 0 Å². The van der Waals surface area contributed by atoms with Gasteiger partial charge in [-0.2, -0.15) is 8.78 Å². The van der Waals surface area contributed by atoms with Gasteiger partial charge in [0.15, 0.2) is 0 Å². The van der Waals surface area contributed by atoms with Crippen LogP contribution in [-0.4, -0.2) is 19.1 Å². The average Bonchev–Trinajstić information content (AvgIpc) is 2.53. The van der Waals surface area contributed by atoms with Crippen molar-refractivity contribution in [2.45, 2.75) is 17.2 Å². The third-order valence-corrected chi connectivity index (χ3v) is 5.33. The standard InChI is InChI=1S/C14H10BrF3N2O4S/c15-11-5-9(16)2-1-8(11)7-19-12-4-3-10(6-13(12)20(21)22)25(23,24)14(17)18/h1-6,14,19H,7H2. The van der Waals surface area contributed by atoms with Crippen LogP contribution >= 0.6 is 15.9 Å². The second-order valence-electron chi connectivity index (χ2n) is 4.83. The monoisotopic (exact) mass is 438 g/mol. The SMILES string of the molecule is O=[N+]([O-])c1cc(S(=O)(=O)C(F)F)ccc1NCc1ccc(F)cc1Br. The Bertz CT molecular complexity index is 922. The molecule has 2 aromatic carbocycles. The summed E-state index contributed by atoms with van der Waals surface area (Å²) in [6.07, 6.45) is 0. The molecule has 0 spiro atoms. The third kappa shape index (κ3) is 4.28. The normalized spacial score (nSPS) is 11.6. The van der Waals surface area contributed by atoms with Crippen LogP contribution in [0.15, 0.2) is 45.8 Å². The summed E-state index contributed by atoms with van der Waals surface area (Å²) in [5, 5.41) is 13.8. The minimum Gasteiger partial charge on any atom is -0.375 e. The second-order valence-corrected chi connectivity index (χ2v) is 7.60. The van der Waals surface area contributed by atoms with Crippen LogP contribution < -0.4 is 5.32 Å². The first-order chi connectivity index (χ1) is 11.6. The van der Waals surface area contributed by atoms with Crippen molar-refractivity contribution in [2.24, 2.45) is 0 Å². The van der Waals surface area contributed by atoms with Crippen LogP contribution in [0, 0.1) is 15.9 Å². The van der Waals surface area contributed by atoms with E-state index in [9.17, 15) is 31.7 Å². The lowest BCUT2D eigenvalue weighted by Gasteiger charge is -2.10. The van der Waals surface area contributed by atoms with Gasteiger partial charge in [0.05, 0.1) is 9.82 Å². The fraction of sp³-hybridized carbons (Fsp3) is 0.143. The minimum absolute atomic E-state index is 0.0582. The van der Waals surface area contributed by atoms with E-state index >= 15 is 0 Å². The summed E-state index contributed by atoms with van der Waals surface area (Å²) < 4.78 is 61.5. The first kappa shape index (κ1) is 19.2. The average molecular weight is 439 g/mol. The van der Waals surface area contributed by atoms with E-state index in [0.29, 0.717) is 16.1 Å². The Balaban J connectivity index is 2.33. The van der Waals surface area contributed by atoms with E-state index in [-0.39, 0.29) is 12.2 Å². The highest BCUT2D eigenvalue weighted by molar-refractivity contribution is 9.10. The molecule has 25 heavy (non-hydrogen) atoms. The molecule has 0 radical (unpaired) electrons. The van der Waals surface area contributed by atoms with Gasteiger partial charge in [0.25, 0.3) is 5.69 Å². The van der Waals surface area contributed by atoms with Gasteiger partial charge in [-0.05, 0) is 29.8 Å². The van der Waals surface area contributed by atoms with E-state index in [0.717, 1.165) is 12.1 Å². The maximum Gasteiger partial charge on any atom is 0.341 e. The Morgan fingerprint density at radius 1 is 1.20 bits per heavy atom. The summed E-state index contributed by atoms with van der Waals surface area (Å²) in [5.74, 6) is -4.15. The zero-order valence-corrected chi connectivity index (χ0v) is 14.7. The number of nitrogens with one attached hydrogen (secondary N) is 1. The van der Waals surface area contributed by atoms with Crippen LogP contribution in [0.25, 0.3) is 0 Å². The molecule has 0 aliphatic carbocycles. The molecule has 2 aromatic rings. The molecule has 0 bridgehead atoms. The highest BCUT2D eigenvalue weighted by Crippen LogP contribution is 2.30. The van der Waals surface area contributed by atoms with Crippen molar-refractivity contribution < 1.29 is 26.5 Å². The highest BCUT2D eigenvalue weighted by Gasteiger charge is 2.29. The van der Waals surface area contributed by atoms with Crippen molar-refractivity contribution in [1.82, 2.24) is 0 Å². The molecular formula is C14H10BrF3N2O4S. The number of nitro benzene ring substituents is 1. The van der Waals surface area contributed by atoms with Crippen molar-refractivity contribution in [3.63, 3.8) is 0 Å². The maximum absolute atomic E-state index is 13.0. The van der Waals surface area contributed by atoms with E-state index in [4.69, 9.17) is 0 Å². The summed E-state index contributed by atoms with van der Waals surface area (Å²) in [5.41, 5.74) is -0.144. The molecular weight excluding hydrogens is 429 g/mol. The van der Waals surface area contributed by atoms with Gasteiger partial charge in [-0.25, -0.2) is 12.8 Å². The minimum atomic E-state index is -4.94. The summed E-state index contributed by atoms with van der Waals surface area (Å²) in [7, 11) is -4.94. The Labute approximate surface area is 148 Å². The molecule has 134 valence electrons. The number of anilines is 1. The van der Waals surface area contributed by atoms with Crippen molar-refractivity contribution in [1.29, 1.82) is 0 Å². The molecule has 0 amide bonds. The molecule has 2 rings (SSSR count). The number of hydrogen-bond acceptors (Lipinski definition) is 5. The van der Waals surface area contributed by atoms with Crippen LogP contribution in [0.4, 0.5) is 24.5 Å². The number of halogens is 4. The van der Waals surface area contributed by atoms with Crippen LogP contribution in [0.1, 0.15) is 5.56 Å². The second kappa shape index (κ2) is 7.40. The van der Waals surface area contributed by atoms with Gasteiger partial charge >= 0.3 is 5.76 Å². The largest absolute Gasteiger partial charge is 0.375 e. The Morgan fingerprint density at radius 3 is 2.44 bits per heavy atom. The van der Waals surface area contributed by atoms with E-state index in [1.807, 2.05) is 0 Å². The predicted octanol–water partition coefficient (Wildman–Crippen LogP) is 4.10. The number of benzene rings is 2. The van der Waals surface area contributed by atoms with Crippen molar-refractivity contribution >= 4 is 37.1 Å². The molecule has 0 fully saturated rings. The quantitative estimate of drug-likeness (QED) is 0.541. The molecule has 0 saturated carbocycles. The van der Waals surface area contributed by atoms with Gasteiger partial charge in [-0.3, -0.25) is 10.1 Å². The summed E-state index contributed by atoms with van der Waals surface area (Å²) in [4.78, 5) is 9.39. The van der Waals surface area contributed by atoms with Gasteiger partial charge in [-0.15, -0.1) is 0 Å². The summed E-state index contributed by atoms with van der Waals surface area (Å²) >= 11 is 3.15. The van der Waals surface area contributed by atoms with E-state index in [1.165, 1.54) is 18.2 Å². The van der Waals surface area contributed by atoms with Gasteiger partial charge in [0.1, 0.15) is 11.5 Å². The molecule has 1 N–H and O–H groups in total. The number of nitro groups is 1. The smallest absolute Gasteiger partial charge is 0.341 e. The van der Waals surface area contributed by atoms with Crippen molar-refractivity contribution in [3.8, 4) is 0 Å². The molecule has 0 aliphatic heterocycles.